The second-order valence-corrected chi connectivity index (χ2v) is 5.17. The number of aliphatic hydroxyl groups is 1. The van der Waals surface area contributed by atoms with Crippen LogP contribution in [-0.4, -0.2) is 22.2 Å². The van der Waals surface area contributed by atoms with Gasteiger partial charge in [-0.25, -0.2) is 0 Å². The highest BCUT2D eigenvalue weighted by molar-refractivity contribution is 5.73. The number of hydrogen-bond acceptors (Lipinski definition) is 4. The maximum absolute atomic E-state index is 11.3. The molecule has 1 aliphatic heterocycles. The molecule has 5 heteroatoms. The van der Waals surface area contributed by atoms with E-state index in [1.54, 1.807) is 20.8 Å². The summed E-state index contributed by atoms with van der Waals surface area (Å²) in [6.45, 7) is 8.84. The predicted molar refractivity (Wildman–Crippen MR) is 72.5 cm³/mol. The van der Waals surface area contributed by atoms with Crippen molar-refractivity contribution in [3.8, 4) is 5.75 Å². The quantitative estimate of drug-likeness (QED) is 0.672. The second kappa shape index (κ2) is 4.35. The molecule has 0 aliphatic carbocycles. The number of fused-ring (bicyclic) bond motifs is 1. The first-order valence-electron chi connectivity index (χ1n) is 6.07. The van der Waals surface area contributed by atoms with Crippen LogP contribution in [0.5, 0.6) is 5.75 Å². The molecule has 19 heavy (non-hydrogen) atoms. The first-order valence-corrected chi connectivity index (χ1v) is 6.07. The summed E-state index contributed by atoms with van der Waals surface area (Å²) in [5, 5.41) is 20.7. The minimum atomic E-state index is -0.716. The van der Waals surface area contributed by atoms with E-state index in [1.165, 1.54) is 6.08 Å². The number of rotatable bonds is 3. The molecular formula is C14H17NO4. The molecule has 0 saturated carbocycles. The molecule has 102 valence electrons. The molecule has 0 saturated heterocycles. The minimum absolute atomic E-state index is 0.0806. The summed E-state index contributed by atoms with van der Waals surface area (Å²) >= 11 is 0. The third kappa shape index (κ3) is 1.90. The molecule has 1 aliphatic rings. The van der Waals surface area contributed by atoms with E-state index < -0.39 is 5.60 Å². The van der Waals surface area contributed by atoms with Gasteiger partial charge in [-0.2, -0.15) is 0 Å². The maximum atomic E-state index is 11.3. The zero-order valence-electron chi connectivity index (χ0n) is 11.3. The fourth-order valence-electron chi connectivity index (χ4n) is 2.55. The van der Waals surface area contributed by atoms with Crippen molar-refractivity contribution in [3.05, 3.63) is 38.9 Å². The van der Waals surface area contributed by atoms with Gasteiger partial charge in [0.2, 0.25) is 0 Å². The molecule has 1 aromatic carbocycles. The van der Waals surface area contributed by atoms with Crippen molar-refractivity contribution in [2.24, 2.45) is 0 Å². The maximum Gasteiger partial charge on any atom is 0.280 e. The molecule has 1 aromatic rings. The molecule has 0 radical (unpaired) electrons. The van der Waals surface area contributed by atoms with Gasteiger partial charge in [-0.3, -0.25) is 10.1 Å². The van der Waals surface area contributed by atoms with Gasteiger partial charge in [-0.1, -0.05) is 12.7 Å². The van der Waals surface area contributed by atoms with Crippen LogP contribution < -0.4 is 4.74 Å². The van der Waals surface area contributed by atoms with Crippen LogP contribution in [0.3, 0.4) is 0 Å². The Morgan fingerprint density at radius 1 is 1.53 bits per heavy atom. The Bertz CT molecular complexity index is 580. The summed E-state index contributed by atoms with van der Waals surface area (Å²) < 4.78 is 5.81. The Balaban J connectivity index is 2.76. The smallest absolute Gasteiger partial charge is 0.280 e. The molecule has 0 fully saturated rings. The van der Waals surface area contributed by atoms with Crippen LogP contribution in [-0.2, 0) is 6.42 Å². The summed E-state index contributed by atoms with van der Waals surface area (Å²) in [7, 11) is 0. The summed E-state index contributed by atoms with van der Waals surface area (Å²) in [6.07, 6.45) is 1.94. The monoisotopic (exact) mass is 263 g/mol. The van der Waals surface area contributed by atoms with E-state index in [-0.39, 0.29) is 17.2 Å². The average molecular weight is 263 g/mol. The Labute approximate surface area is 111 Å². The van der Waals surface area contributed by atoms with Crippen LogP contribution >= 0.6 is 0 Å². The number of nitro benzene ring substituents is 1. The third-order valence-corrected chi connectivity index (χ3v) is 3.73. The molecule has 1 heterocycles. The van der Waals surface area contributed by atoms with Gasteiger partial charge < -0.3 is 9.84 Å². The SMILES string of the molecule is C=Cc1c2c(c(C)c(C)c1[N+](=O)[O-])OC(C)(CO)C2. The van der Waals surface area contributed by atoms with Crippen molar-refractivity contribution in [1.82, 2.24) is 0 Å². The highest BCUT2D eigenvalue weighted by Crippen LogP contribution is 2.45. The van der Waals surface area contributed by atoms with Crippen molar-refractivity contribution in [3.63, 3.8) is 0 Å². The van der Waals surface area contributed by atoms with Crippen molar-refractivity contribution in [2.45, 2.75) is 32.8 Å². The first-order chi connectivity index (χ1) is 8.84. The normalized spacial score (nSPS) is 20.8. The zero-order chi connectivity index (χ0) is 14.4. The lowest BCUT2D eigenvalue weighted by molar-refractivity contribution is -0.385. The van der Waals surface area contributed by atoms with Crippen LogP contribution in [0.15, 0.2) is 6.58 Å². The van der Waals surface area contributed by atoms with E-state index in [2.05, 4.69) is 6.58 Å². The lowest BCUT2D eigenvalue weighted by Gasteiger charge is -2.21. The van der Waals surface area contributed by atoms with Crippen molar-refractivity contribution < 1.29 is 14.8 Å². The van der Waals surface area contributed by atoms with Gasteiger partial charge in [-0.15, -0.1) is 0 Å². The van der Waals surface area contributed by atoms with Gasteiger partial charge in [0.1, 0.15) is 11.4 Å². The van der Waals surface area contributed by atoms with Crippen molar-refractivity contribution in [2.75, 3.05) is 6.61 Å². The van der Waals surface area contributed by atoms with E-state index in [0.29, 0.717) is 23.3 Å². The number of hydrogen-bond donors (Lipinski definition) is 1. The lowest BCUT2D eigenvalue weighted by atomic mass is 9.91. The van der Waals surface area contributed by atoms with E-state index in [4.69, 9.17) is 4.74 Å². The van der Waals surface area contributed by atoms with Gasteiger partial charge in [0.05, 0.1) is 17.1 Å². The van der Waals surface area contributed by atoms with Crippen molar-refractivity contribution in [1.29, 1.82) is 0 Å². The summed E-state index contributed by atoms with van der Waals surface area (Å²) in [4.78, 5) is 10.9. The largest absolute Gasteiger partial charge is 0.484 e. The Hall–Kier alpha value is -1.88. The van der Waals surface area contributed by atoms with Crippen LogP contribution in [0.2, 0.25) is 0 Å². The van der Waals surface area contributed by atoms with E-state index >= 15 is 0 Å². The lowest BCUT2D eigenvalue weighted by Crippen LogP contribution is -2.34. The summed E-state index contributed by atoms with van der Waals surface area (Å²) in [5.41, 5.74) is 1.97. The highest BCUT2D eigenvalue weighted by Gasteiger charge is 2.39. The van der Waals surface area contributed by atoms with Gasteiger partial charge in [-0.05, 0) is 20.8 Å². The fourth-order valence-corrected chi connectivity index (χ4v) is 2.55. The van der Waals surface area contributed by atoms with E-state index in [9.17, 15) is 15.2 Å². The third-order valence-electron chi connectivity index (χ3n) is 3.73. The van der Waals surface area contributed by atoms with Crippen molar-refractivity contribution >= 4 is 11.8 Å². The molecule has 5 nitrogen and oxygen atoms in total. The predicted octanol–water partition coefficient (Wildman–Crippen LogP) is 2.54. The standard InChI is InChI=1S/C14H17NO4/c1-5-10-11-6-14(4,7-16)19-13(11)9(3)8(2)12(10)15(17)18/h5,16H,1,6-7H2,2-4H3. The molecular weight excluding hydrogens is 246 g/mol. The first kappa shape index (κ1) is 13.5. The Morgan fingerprint density at radius 2 is 2.16 bits per heavy atom. The fraction of sp³-hybridized carbons (Fsp3) is 0.429. The average Bonchev–Trinajstić information content (AvgIpc) is 2.72. The van der Waals surface area contributed by atoms with E-state index in [0.717, 1.165) is 11.1 Å². The number of benzene rings is 1. The van der Waals surface area contributed by atoms with Crippen LogP contribution in [0.1, 0.15) is 29.2 Å². The van der Waals surface area contributed by atoms with Gasteiger partial charge in [0.25, 0.3) is 5.69 Å². The van der Waals surface area contributed by atoms with Crippen LogP contribution in [0.4, 0.5) is 5.69 Å². The molecule has 0 aromatic heterocycles. The molecule has 0 bridgehead atoms. The molecule has 0 amide bonds. The zero-order valence-corrected chi connectivity index (χ0v) is 11.3. The molecule has 1 N–H and O–H groups in total. The number of aliphatic hydroxyl groups excluding tert-OH is 1. The van der Waals surface area contributed by atoms with Crippen LogP contribution in [0.25, 0.3) is 6.08 Å². The second-order valence-electron chi connectivity index (χ2n) is 5.17. The minimum Gasteiger partial charge on any atom is -0.484 e. The summed E-state index contributed by atoms with van der Waals surface area (Å²) in [6, 6.07) is 0. The number of ether oxygens (including phenoxy) is 1. The highest BCUT2D eigenvalue weighted by atomic mass is 16.6. The van der Waals surface area contributed by atoms with Gasteiger partial charge in [0, 0.05) is 23.1 Å². The Kier molecular flexibility index (Phi) is 3.10. The summed E-state index contributed by atoms with van der Waals surface area (Å²) in [5.74, 6) is 0.648. The van der Waals surface area contributed by atoms with Crippen LogP contribution in [0, 0.1) is 24.0 Å². The molecule has 0 spiro atoms. The molecule has 1 atom stereocenters. The number of nitrogens with zero attached hydrogens (tertiary/aromatic N) is 1. The Morgan fingerprint density at radius 3 is 2.63 bits per heavy atom. The molecule has 2 rings (SSSR count). The van der Waals surface area contributed by atoms with Gasteiger partial charge >= 0.3 is 0 Å². The number of nitro groups is 1. The van der Waals surface area contributed by atoms with Gasteiger partial charge in [0.15, 0.2) is 0 Å². The van der Waals surface area contributed by atoms with E-state index in [1.807, 2.05) is 0 Å². The topological polar surface area (TPSA) is 72.6 Å². The molecule has 1 unspecified atom stereocenters.